The smallest absolute Gasteiger partial charge is 0.244 e. The van der Waals surface area contributed by atoms with E-state index in [-0.39, 0.29) is 5.91 Å². The van der Waals surface area contributed by atoms with E-state index in [4.69, 9.17) is 5.26 Å². The van der Waals surface area contributed by atoms with E-state index < -0.39 is 0 Å². The minimum absolute atomic E-state index is 0.00979. The molecule has 1 fully saturated rings. The number of nitriles is 1. The summed E-state index contributed by atoms with van der Waals surface area (Å²) in [5, 5.41) is 13.1. The Hall–Kier alpha value is -2.54. The standard InChI is InChI=1S/C22H27N3O/c23-15-8-16-25-17-18(20-11-6-7-12-21(20)25)13-14-22(26)24-19-9-4-2-1-3-5-10-19/h6-7,11-14,17,19H,1-5,8-10,16H2,(H,24,26)/b14-13+. The predicted molar refractivity (Wildman–Crippen MR) is 105 cm³/mol. The van der Waals surface area contributed by atoms with E-state index in [0.29, 0.717) is 19.0 Å². The Labute approximate surface area is 155 Å². The number of aryl methyl sites for hydroxylation is 1. The fourth-order valence-corrected chi connectivity index (χ4v) is 3.78. The summed E-state index contributed by atoms with van der Waals surface area (Å²) in [6, 6.07) is 10.6. The van der Waals surface area contributed by atoms with Crippen molar-refractivity contribution in [3.63, 3.8) is 0 Å². The van der Waals surface area contributed by atoms with Crippen LogP contribution in [0.2, 0.25) is 0 Å². The van der Waals surface area contributed by atoms with Gasteiger partial charge in [0.05, 0.1) is 12.5 Å². The van der Waals surface area contributed by atoms with Gasteiger partial charge >= 0.3 is 0 Å². The Morgan fingerprint density at radius 2 is 1.92 bits per heavy atom. The number of hydrogen-bond donors (Lipinski definition) is 1. The highest BCUT2D eigenvalue weighted by molar-refractivity contribution is 5.96. The molecule has 1 saturated carbocycles. The topological polar surface area (TPSA) is 57.8 Å². The first-order chi connectivity index (χ1) is 12.8. The molecule has 0 saturated heterocycles. The van der Waals surface area contributed by atoms with Gasteiger partial charge in [-0.1, -0.05) is 50.3 Å². The number of carbonyl (C=O) groups excluding carboxylic acids is 1. The van der Waals surface area contributed by atoms with Crippen molar-refractivity contribution < 1.29 is 4.79 Å². The third-order valence-electron chi connectivity index (χ3n) is 5.15. The maximum absolute atomic E-state index is 12.3. The van der Waals surface area contributed by atoms with Crippen molar-refractivity contribution >= 4 is 22.9 Å². The third-order valence-corrected chi connectivity index (χ3v) is 5.15. The zero-order chi connectivity index (χ0) is 18.2. The van der Waals surface area contributed by atoms with Crippen LogP contribution in [-0.2, 0) is 11.3 Å². The van der Waals surface area contributed by atoms with Gasteiger partial charge in [0.1, 0.15) is 0 Å². The number of aromatic nitrogens is 1. The molecule has 2 aromatic rings. The van der Waals surface area contributed by atoms with Crippen LogP contribution >= 0.6 is 0 Å². The summed E-state index contributed by atoms with van der Waals surface area (Å²) in [5.41, 5.74) is 2.12. The van der Waals surface area contributed by atoms with Crippen LogP contribution in [0.15, 0.2) is 36.5 Å². The van der Waals surface area contributed by atoms with Crippen LogP contribution in [0.5, 0.6) is 0 Å². The maximum atomic E-state index is 12.3. The molecule has 1 amide bonds. The van der Waals surface area contributed by atoms with Gasteiger partial charge in [-0.15, -0.1) is 0 Å². The van der Waals surface area contributed by atoms with E-state index in [2.05, 4.69) is 28.1 Å². The lowest BCUT2D eigenvalue weighted by Gasteiger charge is -2.20. The molecule has 4 heteroatoms. The van der Waals surface area contributed by atoms with Gasteiger partial charge in [-0.25, -0.2) is 0 Å². The molecule has 3 rings (SSSR count). The van der Waals surface area contributed by atoms with Crippen molar-refractivity contribution in [2.24, 2.45) is 0 Å². The number of benzene rings is 1. The molecule has 0 bridgehead atoms. The van der Waals surface area contributed by atoms with Crippen LogP contribution in [-0.4, -0.2) is 16.5 Å². The Morgan fingerprint density at radius 3 is 2.69 bits per heavy atom. The van der Waals surface area contributed by atoms with E-state index in [9.17, 15) is 4.79 Å². The van der Waals surface area contributed by atoms with Gasteiger partial charge in [0, 0.05) is 41.3 Å². The fourth-order valence-electron chi connectivity index (χ4n) is 3.78. The number of carbonyl (C=O) groups is 1. The molecule has 0 atom stereocenters. The first-order valence-electron chi connectivity index (χ1n) is 9.71. The molecule has 0 unspecified atom stereocenters. The molecular weight excluding hydrogens is 322 g/mol. The monoisotopic (exact) mass is 349 g/mol. The number of nitrogens with one attached hydrogen (secondary N) is 1. The second-order valence-electron chi connectivity index (χ2n) is 7.09. The van der Waals surface area contributed by atoms with Crippen LogP contribution < -0.4 is 5.32 Å². The highest BCUT2D eigenvalue weighted by atomic mass is 16.1. The first kappa shape index (κ1) is 18.3. The van der Waals surface area contributed by atoms with E-state index >= 15 is 0 Å². The highest BCUT2D eigenvalue weighted by Crippen LogP contribution is 2.23. The van der Waals surface area contributed by atoms with Crippen LogP contribution in [0.25, 0.3) is 17.0 Å². The van der Waals surface area contributed by atoms with Gasteiger partial charge in [-0.3, -0.25) is 4.79 Å². The molecule has 1 heterocycles. The Balaban J connectivity index is 1.69. The van der Waals surface area contributed by atoms with Crippen LogP contribution in [0.1, 0.15) is 56.9 Å². The summed E-state index contributed by atoms with van der Waals surface area (Å²) in [5.74, 6) is -0.00979. The molecular formula is C22H27N3O. The molecule has 0 radical (unpaired) electrons. The number of hydrogen-bond acceptors (Lipinski definition) is 2. The number of amides is 1. The summed E-state index contributed by atoms with van der Waals surface area (Å²) in [6.45, 7) is 0.666. The quantitative estimate of drug-likeness (QED) is 0.789. The molecule has 0 spiro atoms. The zero-order valence-electron chi connectivity index (χ0n) is 15.3. The highest BCUT2D eigenvalue weighted by Gasteiger charge is 2.13. The number of rotatable bonds is 5. The summed E-state index contributed by atoms with van der Waals surface area (Å²) in [4.78, 5) is 12.3. The van der Waals surface area contributed by atoms with Crippen molar-refractivity contribution in [1.82, 2.24) is 9.88 Å². The van der Waals surface area contributed by atoms with E-state index in [1.54, 1.807) is 6.08 Å². The van der Waals surface area contributed by atoms with Gasteiger partial charge in [0.25, 0.3) is 0 Å². The van der Waals surface area contributed by atoms with E-state index in [1.807, 2.05) is 24.4 Å². The van der Waals surface area contributed by atoms with E-state index in [1.165, 1.54) is 32.1 Å². The minimum atomic E-state index is -0.00979. The number of nitrogens with zero attached hydrogens (tertiary/aromatic N) is 2. The minimum Gasteiger partial charge on any atom is -0.350 e. The normalized spacial score (nSPS) is 16.3. The van der Waals surface area contributed by atoms with Gasteiger partial charge < -0.3 is 9.88 Å². The summed E-state index contributed by atoms with van der Waals surface area (Å²) < 4.78 is 2.09. The average Bonchev–Trinajstić information content (AvgIpc) is 2.98. The van der Waals surface area contributed by atoms with Crippen molar-refractivity contribution in [2.75, 3.05) is 0 Å². The number of para-hydroxylation sites is 1. The van der Waals surface area contributed by atoms with Crippen LogP contribution in [0, 0.1) is 11.3 Å². The summed E-state index contributed by atoms with van der Waals surface area (Å²) in [6.07, 6.45) is 14.5. The Kier molecular flexibility index (Phi) is 6.49. The van der Waals surface area contributed by atoms with Crippen molar-refractivity contribution in [3.05, 3.63) is 42.1 Å². The zero-order valence-corrected chi connectivity index (χ0v) is 15.3. The molecule has 1 N–H and O–H groups in total. The largest absolute Gasteiger partial charge is 0.350 e. The maximum Gasteiger partial charge on any atom is 0.244 e. The number of fused-ring (bicyclic) bond motifs is 1. The second kappa shape index (κ2) is 9.24. The van der Waals surface area contributed by atoms with Crippen molar-refractivity contribution in [1.29, 1.82) is 5.26 Å². The molecule has 1 aliphatic carbocycles. The molecule has 4 nitrogen and oxygen atoms in total. The van der Waals surface area contributed by atoms with Gasteiger partial charge in [-0.2, -0.15) is 5.26 Å². The first-order valence-corrected chi connectivity index (χ1v) is 9.71. The van der Waals surface area contributed by atoms with E-state index in [0.717, 1.165) is 29.3 Å². The molecule has 1 aromatic heterocycles. The molecule has 1 aromatic carbocycles. The SMILES string of the molecule is N#CCCn1cc(/C=C/C(=O)NC2CCCCCCC2)c2ccccc21. The van der Waals surface area contributed by atoms with Crippen LogP contribution in [0.3, 0.4) is 0 Å². The molecule has 136 valence electrons. The second-order valence-corrected chi connectivity index (χ2v) is 7.09. The lowest BCUT2D eigenvalue weighted by Crippen LogP contribution is -2.34. The third kappa shape index (κ3) is 4.76. The molecule has 0 aliphatic heterocycles. The molecule has 1 aliphatic rings. The van der Waals surface area contributed by atoms with Gasteiger partial charge in [0.15, 0.2) is 0 Å². The van der Waals surface area contributed by atoms with Gasteiger partial charge in [-0.05, 0) is 25.0 Å². The fraction of sp³-hybridized carbons (Fsp3) is 0.455. The molecule has 26 heavy (non-hydrogen) atoms. The van der Waals surface area contributed by atoms with Crippen molar-refractivity contribution in [2.45, 2.75) is 64.0 Å². The average molecular weight is 349 g/mol. The Morgan fingerprint density at radius 1 is 1.19 bits per heavy atom. The van der Waals surface area contributed by atoms with Gasteiger partial charge in [0.2, 0.25) is 5.91 Å². The van der Waals surface area contributed by atoms with Crippen molar-refractivity contribution in [3.8, 4) is 6.07 Å². The lowest BCUT2D eigenvalue weighted by molar-refractivity contribution is -0.117. The predicted octanol–water partition coefficient (Wildman–Crippen LogP) is 4.80. The van der Waals surface area contributed by atoms with Crippen LogP contribution in [0.4, 0.5) is 0 Å². The lowest BCUT2D eigenvalue weighted by atomic mass is 9.97. The Bertz CT molecular complexity index is 804. The summed E-state index contributed by atoms with van der Waals surface area (Å²) >= 11 is 0. The summed E-state index contributed by atoms with van der Waals surface area (Å²) in [7, 11) is 0.